The molecule has 0 fully saturated rings. The second kappa shape index (κ2) is 6.80. The van der Waals surface area contributed by atoms with Gasteiger partial charge in [-0.15, -0.1) is 0 Å². The van der Waals surface area contributed by atoms with Crippen molar-refractivity contribution in [2.24, 2.45) is 0 Å². The second-order valence-electron chi connectivity index (χ2n) is 3.72. The first kappa shape index (κ1) is 14.2. The van der Waals surface area contributed by atoms with Gasteiger partial charge in [0.2, 0.25) is 0 Å². The van der Waals surface area contributed by atoms with E-state index in [-0.39, 0.29) is 5.91 Å². The number of rotatable bonds is 3. The number of hydrogen-bond acceptors (Lipinski definition) is 3. The molecule has 0 radical (unpaired) electrons. The molecule has 0 bridgehead atoms. The van der Waals surface area contributed by atoms with Crippen molar-refractivity contribution in [3.63, 3.8) is 0 Å². The lowest BCUT2D eigenvalue weighted by Crippen LogP contribution is -2.49. The summed E-state index contributed by atoms with van der Waals surface area (Å²) in [4.78, 5) is 11.7. The van der Waals surface area contributed by atoms with Crippen molar-refractivity contribution in [2.75, 3.05) is 7.05 Å². The zero-order chi connectivity index (χ0) is 13.5. The first-order valence-corrected chi connectivity index (χ1v) is 5.95. The van der Waals surface area contributed by atoms with Crippen LogP contribution >= 0.6 is 12.2 Å². The number of hydrazine groups is 1. The molecule has 1 aromatic carbocycles. The van der Waals surface area contributed by atoms with Crippen molar-refractivity contribution < 1.29 is 9.53 Å². The molecule has 0 heterocycles. The Hall–Kier alpha value is -1.82. The van der Waals surface area contributed by atoms with Crippen molar-refractivity contribution >= 4 is 23.2 Å². The quantitative estimate of drug-likeness (QED) is 0.561. The highest BCUT2D eigenvalue weighted by atomic mass is 32.1. The molecule has 98 valence electrons. The molecule has 1 aromatic rings. The van der Waals surface area contributed by atoms with Gasteiger partial charge in [0.1, 0.15) is 5.75 Å². The van der Waals surface area contributed by atoms with Crippen LogP contribution in [0.15, 0.2) is 24.3 Å². The van der Waals surface area contributed by atoms with Crippen LogP contribution in [-0.2, 0) is 4.79 Å². The third kappa shape index (κ3) is 4.21. The summed E-state index contributed by atoms with van der Waals surface area (Å²) in [5.74, 6) is 0.396. The largest absolute Gasteiger partial charge is 0.481 e. The van der Waals surface area contributed by atoms with Gasteiger partial charge in [-0.2, -0.15) is 0 Å². The third-order valence-electron chi connectivity index (χ3n) is 2.29. The summed E-state index contributed by atoms with van der Waals surface area (Å²) in [7, 11) is 1.66. The summed E-state index contributed by atoms with van der Waals surface area (Å²) in [5, 5.41) is 3.02. The second-order valence-corrected chi connectivity index (χ2v) is 4.13. The Labute approximate surface area is 112 Å². The summed E-state index contributed by atoms with van der Waals surface area (Å²) in [6, 6.07) is 7.53. The van der Waals surface area contributed by atoms with Gasteiger partial charge in [-0.25, -0.2) is 0 Å². The fourth-order valence-electron chi connectivity index (χ4n) is 1.22. The SMILES string of the molecule is CNC(=S)NNC(=O)[C@@H](C)Oc1ccccc1C. The van der Waals surface area contributed by atoms with E-state index in [4.69, 9.17) is 17.0 Å². The molecular formula is C12H17N3O2S. The summed E-state index contributed by atoms with van der Waals surface area (Å²) in [6.07, 6.45) is -0.613. The number of carbonyl (C=O) groups excluding carboxylic acids is 1. The predicted molar refractivity (Wildman–Crippen MR) is 74.2 cm³/mol. The summed E-state index contributed by atoms with van der Waals surface area (Å²) in [5.41, 5.74) is 5.99. The van der Waals surface area contributed by atoms with Gasteiger partial charge in [-0.05, 0) is 37.7 Å². The monoisotopic (exact) mass is 267 g/mol. The van der Waals surface area contributed by atoms with Gasteiger partial charge < -0.3 is 10.1 Å². The van der Waals surface area contributed by atoms with Gasteiger partial charge in [0.25, 0.3) is 5.91 Å². The van der Waals surface area contributed by atoms with Crippen LogP contribution in [-0.4, -0.2) is 24.2 Å². The number of ether oxygens (including phenoxy) is 1. The number of thiocarbonyl (C=S) groups is 1. The summed E-state index contributed by atoms with van der Waals surface area (Å²) in [6.45, 7) is 3.60. The predicted octanol–water partition coefficient (Wildman–Crippen LogP) is 0.887. The molecule has 0 saturated heterocycles. The van der Waals surface area contributed by atoms with Crippen LogP contribution in [0.4, 0.5) is 0 Å². The molecule has 18 heavy (non-hydrogen) atoms. The number of para-hydroxylation sites is 1. The van der Waals surface area contributed by atoms with Crippen molar-refractivity contribution in [1.82, 2.24) is 16.2 Å². The Morgan fingerprint density at radius 2 is 2.00 bits per heavy atom. The molecule has 1 atom stereocenters. The number of aryl methyl sites for hydroxylation is 1. The van der Waals surface area contributed by atoms with E-state index in [2.05, 4.69) is 16.2 Å². The van der Waals surface area contributed by atoms with E-state index in [9.17, 15) is 4.79 Å². The van der Waals surface area contributed by atoms with Crippen molar-refractivity contribution in [2.45, 2.75) is 20.0 Å². The van der Waals surface area contributed by atoms with E-state index in [1.165, 1.54) is 0 Å². The smallest absolute Gasteiger partial charge is 0.279 e. The fraction of sp³-hybridized carbons (Fsp3) is 0.333. The zero-order valence-electron chi connectivity index (χ0n) is 10.6. The number of carbonyl (C=O) groups is 1. The van der Waals surface area contributed by atoms with E-state index < -0.39 is 6.10 Å². The van der Waals surface area contributed by atoms with E-state index in [0.29, 0.717) is 10.9 Å². The zero-order valence-corrected chi connectivity index (χ0v) is 11.4. The van der Waals surface area contributed by atoms with Crippen LogP contribution in [0.3, 0.4) is 0 Å². The van der Waals surface area contributed by atoms with E-state index >= 15 is 0 Å². The number of amides is 1. The van der Waals surface area contributed by atoms with Crippen molar-refractivity contribution in [1.29, 1.82) is 0 Å². The highest BCUT2D eigenvalue weighted by Gasteiger charge is 2.15. The minimum absolute atomic E-state index is 0.296. The molecule has 1 amide bonds. The number of hydrogen-bond donors (Lipinski definition) is 3. The standard InChI is InChI=1S/C12H17N3O2S/c1-8-6-4-5-7-10(8)17-9(2)11(16)14-15-12(18)13-3/h4-7,9H,1-3H3,(H,14,16)(H2,13,15,18)/t9-/m1/s1. The Balaban J connectivity index is 2.50. The molecule has 0 aliphatic carbocycles. The molecule has 6 heteroatoms. The van der Waals surface area contributed by atoms with Crippen LogP contribution in [0, 0.1) is 6.92 Å². The Bertz CT molecular complexity index is 437. The van der Waals surface area contributed by atoms with Crippen LogP contribution < -0.4 is 20.9 Å². The number of nitrogens with one attached hydrogen (secondary N) is 3. The van der Waals surface area contributed by atoms with Crippen molar-refractivity contribution in [3.8, 4) is 5.75 Å². The first-order valence-electron chi connectivity index (χ1n) is 5.54. The molecule has 0 aromatic heterocycles. The minimum Gasteiger partial charge on any atom is -0.481 e. The third-order valence-corrected chi connectivity index (χ3v) is 2.60. The minimum atomic E-state index is -0.613. The van der Waals surface area contributed by atoms with Crippen LogP contribution in [0.2, 0.25) is 0 Å². The maximum absolute atomic E-state index is 11.7. The topological polar surface area (TPSA) is 62.4 Å². The highest BCUT2D eigenvalue weighted by Crippen LogP contribution is 2.17. The van der Waals surface area contributed by atoms with Crippen LogP contribution in [0.5, 0.6) is 5.75 Å². The van der Waals surface area contributed by atoms with E-state index in [1.807, 2.05) is 31.2 Å². The maximum atomic E-state index is 11.7. The molecule has 1 rings (SSSR count). The Morgan fingerprint density at radius 1 is 1.33 bits per heavy atom. The Kier molecular flexibility index (Phi) is 5.38. The van der Waals surface area contributed by atoms with Gasteiger partial charge in [0.05, 0.1) is 0 Å². The molecular weight excluding hydrogens is 250 g/mol. The summed E-state index contributed by atoms with van der Waals surface area (Å²) < 4.78 is 5.56. The van der Waals surface area contributed by atoms with Crippen molar-refractivity contribution in [3.05, 3.63) is 29.8 Å². The average Bonchev–Trinajstić information content (AvgIpc) is 2.38. The molecule has 3 N–H and O–H groups in total. The van der Waals surface area contributed by atoms with Gasteiger partial charge in [-0.1, -0.05) is 18.2 Å². The molecule has 0 aliphatic heterocycles. The molecule has 0 unspecified atom stereocenters. The fourth-order valence-corrected chi connectivity index (χ4v) is 1.27. The van der Waals surface area contributed by atoms with Gasteiger partial charge in [-0.3, -0.25) is 15.6 Å². The van der Waals surface area contributed by atoms with Gasteiger partial charge in [0, 0.05) is 7.05 Å². The lowest BCUT2D eigenvalue weighted by Gasteiger charge is -2.16. The first-order chi connectivity index (χ1) is 8.54. The lowest BCUT2D eigenvalue weighted by atomic mass is 10.2. The molecule has 0 spiro atoms. The van der Waals surface area contributed by atoms with E-state index in [1.54, 1.807) is 14.0 Å². The van der Waals surface area contributed by atoms with Crippen LogP contribution in [0.25, 0.3) is 0 Å². The molecule has 0 aliphatic rings. The normalized spacial score (nSPS) is 11.3. The number of benzene rings is 1. The average molecular weight is 267 g/mol. The van der Waals surface area contributed by atoms with Crippen LogP contribution in [0.1, 0.15) is 12.5 Å². The maximum Gasteiger partial charge on any atom is 0.279 e. The lowest BCUT2D eigenvalue weighted by molar-refractivity contribution is -0.127. The van der Waals surface area contributed by atoms with E-state index in [0.717, 1.165) is 5.56 Å². The molecule has 0 saturated carbocycles. The highest BCUT2D eigenvalue weighted by molar-refractivity contribution is 7.80. The summed E-state index contributed by atoms with van der Waals surface area (Å²) >= 11 is 4.83. The van der Waals surface area contributed by atoms with Gasteiger partial charge in [0.15, 0.2) is 11.2 Å². The Morgan fingerprint density at radius 3 is 2.61 bits per heavy atom. The van der Waals surface area contributed by atoms with Gasteiger partial charge >= 0.3 is 0 Å². The molecule has 5 nitrogen and oxygen atoms in total.